The molecule has 0 radical (unpaired) electrons. The van der Waals surface area contributed by atoms with Crippen molar-refractivity contribution in [3.8, 4) is 0 Å². The average molecular weight is 316 g/mol. The van der Waals surface area contributed by atoms with Crippen LogP contribution in [0, 0.1) is 5.92 Å². The van der Waals surface area contributed by atoms with Gasteiger partial charge in [0.25, 0.3) is 0 Å². The van der Waals surface area contributed by atoms with Crippen LogP contribution in [0.3, 0.4) is 0 Å². The van der Waals surface area contributed by atoms with Gasteiger partial charge in [-0.1, -0.05) is 0 Å². The summed E-state index contributed by atoms with van der Waals surface area (Å²) in [5.41, 5.74) is 0.513. The summed E-state index contributed by atoms with van der Waals surface area (Å²) in [4.78, 5) is 23.9. The highest BCUT2D eigenvalue weighted by atomic mass is 19.4. The number of benzene rings is 1. The fourth-order valence-electron chi connectivity index (χ4n) is 2.38. The topological polar surface area (TPSA) is 69.6 Å². The molecule has 0 aromatic heterocycles. The molecule has 22 heavy (non-hydrogen) atoms. The zero-order valence-corrected chi connectivity index (χ0v) is 11.6. The lowest BCUT2D eigenvalue weighted by Gasteiger charge is -2.17. The monoisotopic (exact) mass is 316 g/mol. The van der Waals surface area contributed by atoms with Gasteiger partial charge in [-0.3, -0.25) is 9.69 Å². The van der Waals surface area contributed by atoms with Crippen molar-refractivity contribution in [3.05, 3.63) is 29.8 Å². The molecule has 8 heteroatoms. The molecule has 2 rings (SSSR count). The number of carboxylic acids is 1. The molecule has 0 saturated carbocycles. The third-order valence-electron chi connectivity index (χ3n) is 3.45. The van der Waals surface area contributed by atoms with Crippen LogP contribution < -0.4 is 5.32 Å². The number of amides is 1. The van der Waals surface area contributed by atoms with E-state index in [-0.39, 0.29) is 24.6 Å². The summed E-state index contributed by atoms with van der Waals surface area (Å²) in [5, 5.41) is 11.4. The molecule has 2 N–H and O–H groups in total. The minimum atomic E-state index is -4.27. The molecule has 1 aromatic carbocycles. The lowest BCUT2D eigenvalue weighted by molar-refractivity contribution is -0.144. The Balaban J connectivity index is 1.89. The number of hydrogen-bond donors (Lipinski definition) is 2. The minimum absolute atomic E-state index is 0.0680. The summed E-state index contributed by atoms with van der Waals surface area (Å²) in [5.74, 6) is -1.93. The van der Waals surface area contributed by atoms with Gasteiger partial charge >= 0.3 is 12.1 Å². The van der Waals surface area contributed by atoms with Crippen LogP contribution in [0.2, 0.25) is 0 Å². The highest BCUT2D eigenvalue weighted by Crippen LogP contribution is 2.23. The number of carboxylic acid groups (broad SMARTS) is 1. The smallest absolute Gasteiger partial charge is 0.401 e. The molecule has 1 aromatic rings. The number of carbonyl (C=O) groups is 2. The Kier molecular flexibility index (Phi) is 4.70. The molecule has 1 unspecified atom stereocenters. The van der Waals surface area contributed by atoms with E-state index in [1.807, 2.05) is 0 Å². The van der Waals surface area contributed by atoms with E-state index >= 15 is 0 Å². The standard InChI is InChI=1S/C14H15F3N2O3/c15-14(16,17)8-19-6-5-10(7-19)12(20)18-11-3-1-9(2-4-11)13(21)22/h1-4,10H,5-8H2,(H,18,20)(H,21,22). The maximum atomic E-state index is 12.3. The molecular weight excluding hydrogens is 301 g/mol. The Bertz CT molecular complexity index is 557. The number of rotatable bonds is 4. The number of halogens is 3. The van der Waals surface area contributed by atoms with Crippen molar-refractivity contribution in [3.63, 3.8) is 0 Å². The molecule has 0 spiro atoms. The van der Waals surface area contributed by atoms with Crippen molar-refractivity contribution >= 4 is 17.6 Å². The maximum Gasteiger partial charge on any atom is 0.401 e. The van der Waals surface area contributed by atoms with Crippen molar-refractivity contribution in [2.75, 3.05) is 25.0 Å². The molecule has 1 amide bonds. The number of likely N-dealkylation sites (tertiary alicyclic amines) is 1. The van der Waals surface area contributed by atoms with Gasteiger partial charge in [0.1, 0.15) is 0 Å². The second kappa shape index (κ2) is 6.35. The lowest BCUT2D eigenvalue weighted by Crippen LogP contribution is -2.34. The van der Waals surface area contributed by atoms with Gasteiger partial charge in [-0.2, -0.15) is 13.2 Å². The van der Waals surface area contributed by atoms with E-state index in [1.165, 1.54) is 29.2 Å². The van der Waals surface area contributed by atoms with Crippen molar-refractivity contribution < 1.29 is 27.9 Å². The number of nitrogens with one attached hydrogen (secondary N) is 1. The van der Waals surface area contributed by atoms with E-state index in [4.69, 9.17) is 5.11 Å². The number of alkyl halides is 3. The Hall–Kier alpha value is -2.09. The molecule has 120 valence electrons. The quantitative estimate of drug-likeness (QED) is 0.893. The van der Waals surface area contributed by atoms with Crippen LogP contribution in [0.15, 0.2) is 24.3 Å². The van der Waals surface area contributed by atoms with E-state index in [1.54, 1.807) is 0 Å². The van der Waals surface area contributed by atoms with Crippen molar-refractivity contribution in [1.82, 2.24) is 4.90 Å². The van der Waals surface area contributed by atoms with E-state index < -0.39 is 24.6 Å². The molecular formula is C14H15F3N2O3. The lowest BCUT2D eigenvalue weighted by atomic mass is 10.1. The molecule has 1 fully saturated rings. The van der Waals surface area contributed by atoms with Crippen LogP contribution >= 0.6 is 0 Å². The third-order valence-corrected chi connectivity index (χ3v) is 3.45. The molecule has 1 aliphatic heterocycles. The van der Waals surface area contributed by atoms with E-state index in [0.29, 0.717) is 12.1 Å². The Labute approximate surface area is 124 Å². The van der Waals surface area contributed by atoms with E-state index in [0.717, 1.165) is 0 Å². The molecule has 5 nitrogen and oxygen atoms in total. The zero-order valence-electron chi connectivity index (χ0n) is 11.6. The summed E-state index contributed by atoms with van der Waals surface area (Å²) >= 11 is 0. The summed E-state index contributed by atoms with van der Waals surface area (Å²) in [6.45, 7) is -0.710. The van der Waals surface area contributed by atoms with Crippen LogP contribution in [0.1, 0.15) is 16.8 Å². The van der Waals surface area contributed by atoms with Gasteiger partial charge in [-0.05, 0) is 37.2 Å². The second-order valence-electron chi connectivity index (χ2n) is 5.21. The fraction of sp³-hybridized carbons (Fsp3) is 0.429. The highest BCUT2D eigenvalue weighted by molar-refractivity contribution is 5.94. The molecule has 1 atom stereocenters. The van der Waals surface area contributed by atoms with Gasteiger partial charge in [-0.25, -0.2) is 4.79 Å². The van der Waals surface area contributed by atoms with Gasteiger partial charge in [-0.15, -0.1) is 0 Å². The van der Waals surface area contributed by atoms with Crippen LogP contribution in [-0.4, -0.2) is 47.7 Å². The molecule has 1 heterocycles. The van der Waals surface area contributed by atoms with Gasteiger partial charge in [0.05, 0.1) is 18.0 Å². The normalized spacial score (nSPS) is 19.1. The Morgan fingerprint density at radius 3 is 2.45 bits per heavy atom. The Morgan fingerprint density at radius 2 is 1.91 bits per heavy atom. The van der Waals surface area contributed by atoms with Crippen LogP contribution in [0.25, 0.3) is 0 Å². The van der Waals surface area contributed by atoms with Gasteiger partial charge in [0.15, 0.2) is 0 Å². The SMILES string of the molecule is O=C(O)c1ccc(NC(=O)C2CCN(CC(F)(F)F)C2)cc1. The maximum absolute atomic E-state index is 12.3. The number of aromatic carboxylic acids is 1. The predicted molar refractivity (Wildman–Crippen MR) is 72.6 cm³/mol. The van der Waals surface area contributed by atoms with Crippen LogP contribution in [0.4, 0.5) is 18.9 Å². The number of anilines is 1. The zero-order chi connectivity index (χ0) is 16.3. The van der Waals surface area contributed by atoms with Crippen molar-refractivity contribution in [2.45, 2.75) is 12.6 Å². The second-order valence-corrected chi connectivity index (χ2v) is 5.21. The summed E-state index contributed by atoms with van der Waals surface area (Å²) in [6, 6.07) is 5.60. The van der Waals surface area contributed by atoms with Gasteiger partial charge in [0.2, 0.25) is 5.91 Å². The van der Waals surface area contributed by atoms with Gasteiger partial charge in [0, 0.05) is 12.2 Å². The van der Waals surface area contributed by atoms with E-state index in [9.17, 15) is 22.8 Å². The Morgan fingerprint density at radius 1 is 1.27 bits per heavy atom. The van der Waals surface area contributed by atoms with Crippen LogP contribution in [-0.2, 0) is 4.79 Å². The molecule has 0 bridgehead atoms. The number of hydrogen-bond acceptors (Lipinski definition) is 3. The van der Waals surface area contributed by atoms with Crippen LogP contribution in [0.5, 0.6) is 0 Å². The van der Waals surface area contributed by atoms with Gasteiger partial charge < -0.3 is 10.4 Å². The summed E-state index contributed by atoms with van der Waals surface area (Å²) in [6.07, 6.45) is -3.90. The first-order valence-corrected chi connectivity index (χ1v) is 6.68. The fourth-order valence-corrected chi connectivity index (χ4v) is 2.38. The van der Waals surface area contributed by atoms with E-state index in [2.05, 4.69) is 5.32 Å². The number of nitrogens with zero attached hydrogens (tertiary/aromatic N) is 1. The minimum Gasteiger partial charge on any atom is -0.478 e. The largest absolute Gasteiger partial charge is 0.478 e. The summed E-state index contributed by atoms with van der Waals surface area (Å²) in [7, 11) is 0. The van der Waals surface area contributed by atoms with Crippen molar-refractivity contribution in [2.24, 2.45) is 5.92 Å². The molecule has 0 aliphatic carbocycles. The molecule has 1 saturated heterocycles. The predicted octanol–water partition coefficient (Wildman–Crippen LogP) is 2.21. The first-order chi connectivity index (χ1) is 10.2. The summed E-state index contributed by atoms with van der Waals surface area (Å²) < 4.78 is 36.9. The molecule has 1 aliphatic rings. The first kappa shape index (κ1) is 16.3. The highest BCUT2D eigenvalue weighted by Gasteiger charge is 2.36. The number of carbonyl (C=O) groups excluding carboxylic acids is 1. The van der Waals surface area contributed by atoms with Crippen molar-refractivity contribution in [1.29, 1.82) is 0 Å². The third kappa shape index (κ3) is 4.45. The first-order valence-electron chi connectivity index (χ1n) is 6.68. The average Bonchev–Trinajstić information content (AvgIpc) is 2.85.